The summed E-state index contributed by atoms with van der Waals surface area (Å²) in [4.78, 5) is 8.48. The number of hydrogen-bond donors (Lipinski definition) is 2. The minimum absolute atomic E-state index is 0.120. The second kappa shape index (κ2) is 9.06. The Morgan fingerprint density at radius 2 is 1.96 bits per heavy atom. The van der Waals surface area contributed by atoms with Gasteiger partial charge in [0.05, 0.1) is 18.8 Å². The fraction of sp³-hybridized carbons (Fsp3) is 0.400. The van der Waals surface area contributed by atoms with Crippen LogP contribution in [-0.4, -0.2) is 31.1 Å². The van der Waals surface area contributed by atoms with Crippen LogP contribution in [-0.2, 0) is 12.0 Å². The van der Waals surface area contributed by atoms with Crippen molar-refractivity contribution < 1.29 is 4.74 Å². The molecule has 0 radical (unpaired) electrons. The molecule has 0 aliphatic heterocycles. The van der Waals surface area contributed by atoms with E-state index in [1.165, 1.54) is 5.56 Å². The number of nitrogens with zero attached hydrogens (tertiary/aromatic N) is 2. The average molecular weight is 340 g/mol. The number of aromatic nitrogens is 1. The van der Waals surface area contributed by atoms with Gasteiger partial charge < -0.3 is 15.4 Å². The first kappa shape index (κ1) is 18.8. The standard InChI is InChI=1S/C20H28N4O/c1-20(2,3)16-8-7-10-18(14-16)25-13-12-23-19(21-4)24-15-17-9-5-6-11-22-17/h5-11,14H,12-13,15H2,1-4H3,(H2,21,23,24). The predicted octanol–water partition coefficient (Wildman–Crippen LogP) is 3.12. The predicted molar refractivity (Wildman–Crippen MR) is 103 cm³/mol. The van der Waals surface area contributed by atoms with Crippen molar-refractivity contribution >= 4 is 5.96 Å². The van der Waals surface area contributed by atoms with Crippen molar-refractivity contribution in [1.29, 1.82) is 0 Å². The van der Waals surface area contributed by atoms with Gasteiger partial charge in [0.1, 0.15) is 12.4 Å². The van der Waals surface area contributed by atoms with Crippen LogP contribution in [0.25, 0.3) is 0 Å². The van der Waals surface area contributed by atoms with E-state index in [1.807, 2.05) is 30.3 Å². The van der Waals surface area contributed by atoms with Crippen molar-refractivity contribution in [2.75, 3.05) is 20.2 Å². The van der Waals surface area contributed by atoms with Crippen molar-refractivity contribution in [2.24, 2.45) is 4.99 Å². The Bertz CT molecular complexity index is 678. The molecule has 2 aromatic rings. The molecule has 1 heterocycles. The second-order valence-corrected chi connectivity index (χ2v) is 6.80. The number of benzene rings is 1. The van der Waals surface area contributed by atoms with E-state index in [9.17, 15) is 0 Å². The molecule has 134 valence electrons. The summed E-state index contributed by atoms with van der Waals surface area (Å²) in [6, 6.07) is 14.1. The molecule has 0 spiro atoms. The summed E-state index contributed by atoms with van der Waals surface area (Å²) in [7, 11) is 1.75. The normalized spacial score (nSPS) is 11.9. The highest BCUT2D eigenvalue weighted by Crippen LogP contribution is 2.25. The number of hydrogen-bond acceptors (Lipinski definition) is 3. The fourth-order valence-electron chi connectivity index (χ4n) is 2.29. The van der Waals surface area contributed by atoms with Crippen LogP contribution in [0.15, 0.2) is 53.7 Å². The van der Waals surface area contributed by atoms with Crippen LogP contribution in [0.4, 0.5) is 0 Å². The van der Waals surface area contributed by atoms with Gasteiger partial charge in [-0.1, -0.05) is 39.0 Å². The van der Waals surface area contributed by atoms with Gasteiger partial charge in [-0.2, -0.15) is 0 Å². The molecule has 0 aliphatic rings. The number of nitrogens with one attached hydrogen (secondary N) is 2. The second-order valence-electron chi connectivity index (χ2n) is 6.80. The number of aliphatic imine (C=N–C) groups is 1. The minimum atomic E-state index is 0.120. The van der Waals surface area contributed by atoms with Crippen LogP contribution in [0.5, 0.6) is 5.75 Å². The van der Waals surface area contributed by atoms with Crippen molar-refractivity contribution in [3.05, 3.63) is 59.9 Å². The van der Waals surface area contributed by atoms with Gasteiger partial charge in [-0.25, -0.2) is 0 Å². The summed E-state index contributed by atoms with van der Waals surface area (Å²) in [6.45, 7) is 8.47. The molecule has 1 aromatic carbocycles. The van der Waals surface area contributed by atoms with Crippen LogP contribution in [0.3, 0.4) is 0 Å². The molecular formula is C20H28N4O. The van der Waals surface area contributed by atoms with Gasteiger partial charge in [0.25, 0.3) is 0 Å². The molecule has 1 aromatic heterocycles. The van der Waals surface area contributed by atoms with Crippen LogP contribution in [0, 0.1) is 0 Å². The van der Waals surface area contributed by atoms with Crippen molar-refractivity contribution in [1.82, 2.24) is 15.6 Å². The molecule has 5 nitrogen and oxygen atoms in total. The molecule has 2 N–H and O–H groups in total. The van der Waals surface area contributed by atoms with Crippen molar-refractivity contribution in [2.45, 2.75) is 32.7 Å². The van der Waals surface area contributed by atoms with Gasteiger partial charge in [-0.05, 0) is 35.2 Å². The zero-order valence-corrected chi connectivity index (χ0v) is 15.5. The molecular weight excluding hydrogens is 312 g/mol. The van der Waals surface area contributed by atoms with Crippen molar-refractivity contribution in [3.8, 4) is 5.75 Å². The Hall–Kier alpha value is -2.56. The van der Waals surface area contributed by atoms with Crippen molar-refractivity contribution in [3.63, 3.8) is 0 Å². The molecule has 0 unspecified atom stereocenters. The number of guanidine groups is 1. The largest absolute Gasteiger partial charge is 0.492 e. The number of rotatable bonds is 6. The van der Waals surface area contributed by atoms with E-state index in [0.717, 1.165) is 17.4 Å². The molecule has 0 atom stereocenters. The summed E-state index contributed by atoms with van der Waals surface area (Å²) >= 11 is 0. The first-order valence-electron chi connectivity index (χ1n) is 8.57. The molecule has 0 amide bonds. The average Bonchev–Trinajstić information content (AvgIpc) is 2.61. The Morgan fingerprint density at radius 3 is 2.64 bits per heavy atom. The van der Waals surface area contributed by atoms with E-state index in [0.29, 0.717) is 19.7 Å². The number of ether oxygens (including phenoxy) is 1. The molecule has 0 saturated heterocycles. The summed E-state index contributed by atoms with van der Waals surface area (Å²) in [6.07, 6.45) is 1.78. The summed E-state index contributed by atoms with van der Waals surface area (Å²) in [5.41, 5.74) is 2.36. The van der Waals surface area contributed by atoms with E-state index < -0.39 is 0 Å². The lowest BCUT2D eigenvalue weighted by Gasteiger charge is -2.20. The third-order valence-electron chi connectivity index (χ3n) is 3.75. The quantitative estimate of drug-likeness (QED) is 0.482. The van der Waals surface area contributed by atoms with E-state index in [4.69, 9.17) is 4.74 Å². The molecule has 0 bridgehead atoms. The summed E-state index contributed by atoms with van der Waals surface area (Å²) in [5.74, 6) is 1.63. The maximum absolute atomic E-state index is 5.84. The third kappa shape index (κ3) is 6.45. The van der Waals surface area contributed by atoms with E-state index in [1.54, 1.807) is 13.2 Å². The lowest BCUT2D eigenvalue weighted by atomic mass is 9.87. The monoisotopic (exact) mass is 340 g/mol. The minimum Gasteiger partial charge on any atom is -0.492 e. The maximum atomic E-state index is 5.84. The van der Waals surface area contributed by atoms with Crippen LogP contribution in [0.2, 0.25) is 0 Å². The first-order valence-corrected chi connectivity index (χ1v) is 8.57. The summed E-state index contributed by atoms with van der Waals surface area (Å²) in [5, 5.41) is 6.48. The Kier molecular flexibility index (Phi) is 6.81. The molecule has 25 heavy (non-hydrogen) atoms. The highest BCUT2D eigenvalue weighted by molar-refractivity contribution is 5.79. The van der Waals surface area contributed by atoms with E-state index in [2.05, 4.69) is 53.5 Å². The smallest absolute Gasteiger partial charge is 0.191 e. The zero-order chi connectivity index (χ0) is 18.1. The van der Waals surface area contributed by atoms with Gasteiger partial charge in [-0.15, -0.1) is 0 Å². The van der Waals surface area contributed by atoms with Gasteiger partial charge >= 0.3 is 0 Å². The van der Waals surface area contributed by atoms with Crippen LogP contribution < -0.4 is 15.4 Å². The Balaban J connectivity index is 1.74. The lowest BCUT2D eigenvalue weighted by Crippen LogP contribution is -2.39. The molecule has 0 fully saturated rings. The third-order valence-corrected chi connectivity index (χ3v) is 3.75. The Labute approximate surface area is 150 Å². The number of pyridine rings is 1. The highest BCUT2D eigenvalue weighted by Gasteiger charge is 2.13. The van der Waals surface area contributed by atoms with Gasteiger partial charge in [0.2, 0.25) is 0 Å². The van der Waals surface area contributed by atoms with Gasteiger partial charge in [0, 0.05) is 13.2 Å². The van der Waals surface area contributed by atoms with Gasteiger partial charge in [0.15, 0.2) is 5.96 Å². The molecule has 0 aliphatic carbocycles. The maximum Gasteiger partial charge on any atom is 0.191 e. The zero-order valence-electron chi connectivity index (χ0n) is 15.5. The van der Waals surface area contributed by atoms with Crippen LogP contribution >= 0.6 is 0 Å². The lowest BCUT2D eigenvalue weighted by molar-refractivity contribution is 0.321. The fourth-order valence-corrected chi connectivity index (χ4v) is 2.29. The topological polar surface area (TPSA) is 58.5 Å². The van der Waals surface area contributed by atoms with E-state index in [-0.39, 0.29) is 5.41 Å². The highest BCUT2D eigenvalue weighted by atomic mass is 16.5. The molecule has 0 saturated carbocycles. The molecule has 2 rings (SSSR count). The van der Waals surface area contributed by atoms with Crippen LogP contribution in [0.1, 0.15) is 32.0 Å². The molecule has 5 heteroatoms. The van der Waals surface area contributed by atoms with E-state index >= 15 is 0 Å². The first-order chi connectivity index (χ1) is 12.0. The van der Waals surface area contributed by atoms with Gasteiger partial charge in [-0.3, -0.25) is 9.98 Å². The Morgan fingerprint density at radius 1 is 1.12 bits per heavy atom. The SMILES string of the molecule is CN=C(NCCOc1cccc(C(C)(C)C)c1)NCc1ccccn1. The summed E-state index contributed by atoms with van der Waals surface area (Å²) < 4.78 is 5.84.